The lowest BCUT2D eigenvalue weighted by molar-refractivity contribution is 0.0521. The van der Waals surface area contributed by atoms with Crippen LogP contribution < -0.4 is 10.5 Å². The molecule has 0 aliphatic rings. The lowest BCUT2D eigenvalue weighted by Crippen LogP contribution is -2.09. The van der Waals surface area contributed by atoms with Crippen LogP contribution in [0.25, 0.3) is 0 Å². The quantitative estimate of drug-likeness (QED) is 0.675. The maximum Gasteiger partial charge on any atom is 0.342 e. The SMILES string of the molecule is CCOC(=O)c1cc(N)cc(Cl)c1OCc1cccs1. The number of rotatable bonds is 5. The van der Waals surface area contributed by atoms with Crippen molar-refractivity contribution in [1.82, 2.24) is 0 Å². The highest BCUT2D eigenvalue weighted by molar-refractivity contribution is 7.09. The molecule has 20 heavy (non-hydrogen) atoms. The van der Waals surface area contributed by atoms with Crippen molar-refractivity contribution >= 4 is 34.6 Å². The topological polar surface area (TPSA) is 61.5 Å². The number of hydrogen-bond donors (Lipinski definition) is 1. The van der Waals surface area contributed by atoms with Gasteiger partial charge >= 0.3 is 5.97 Å². The van der Waals surface area contributed by atoms with Crippen LogP contribution in [0, 0.1) is 0 Å². The van der Waals surface area contributed by atoms with Crippen LogP contribution >= 0.6 is 22.9 Å². The van der Waals surface area contributed by atoms with Crippen LogP contribution in [0.2, 0.25) is 5.02 Å². The molecule has 4 nitrogen and oxygen atoms in total. The van der Waals surface area contributed by atoms with E-state index in [1.165, 1.54) is 6.07 Å². The molecule has 0 radical (unpaired) electrons. The fourth-order valence-corrected chi connectivity index (χ4v) is 2.56. The number of nitrogen functional groups attached to an aromatic ring is 1. The van der Waals surface area contributed by atoms with Gasteiger partial charge in [-0.05, 0) is 30.5 Å². The first kappa shape index (κ1) is 14.7. The average Bonchev–Trinajstić information content (AvgIpc) is 2.90. The van der Waals surface area contributed by atoms with Crippen LogP contribution in [0.5, 0.6) is 5.75 Å². The van der Waals surface area contributed by atoms with Gasteiger partial charge in [0.05, 0.1) is 11.6 Å². The Bertz CT molecular complexity index is 599. The second-order valence-corrected chi connectivity index (χ2v) is 5.41. The maximum atomic E-state index is 11.9. The van der Waals surface area contributed by atoms with Crippen LogP contribution in [-0.2, 0) is 11.3 Å². The zero-order chi connectivity index (χ0) is 14.5. The summed E-state index contributed by atoms with van der Waals surface area (Å²) in [7, 11) is 0. The summed E-state index contributed by atoms with van der Waals surface area (Å²) in [6.07, 6.45) is 0. The standard InChI is InChI=1S/C14H14ClNO3S/c1-2-18-14(17)11-6-9(16)7-12(15)13(11)19-8-10-4-3-5-20-10/h3-7H,2,8,16H2,1H3. The molecule has 2 aromatic rings. The maximum absolute atomic E-state index is 11.9. The van der Waals surface area contributed by atoms with E-state index in [0.717, 1.165) is 4.88 Å². The molecule has 106 valence electrons. The molecule has 0 amide bonds. The van der Waals surface area contributed by atoms with Crippen molar-refractivity contribution in [3.8, 4) is 5.75 Å². The number of ether oxygens (including phenoxy) is 2. The highest BCUT2D eigenvalue weighted by Gasteiger charge is 2.18. The highest BCUT2D eigenvalue weighted by Crippen LogP contribution is 2.33. The second kappa shape index (κ2) is 6.63. The summed E-state index contributed by atoms with van der Waals surface area (Å²) in [5, 5.41) is 2.25. The van der Waals surface area contributed by atoms with Crippen molar-refractivity contribution in [1.29, 1.82) is 0 Å². The van der Waals surface area contributed by atoms with Crippen LogP contribution in [-0.4, -0.2) is 12.6 Å². The third-order valence-corrected chi connectivity index (χ3v) is 3.63. The Morgan fingerprint density at radius 3 is 2.90 bits per heavy atom. The van der Waals surface area contributed by atoms with Crippen LogP contribution in [0.4, 0.5) is 5.69 Å². The molecule has 1 aromatic carbocycles. The summed E-state index contributed by atoms with van der Waals surface area (Å²) >= 11 is 7.68. The molecule has 0 saturated carbocycles. The van der Waals surface area contributed by atoms with Crippen LogP contribution in [0.1, 0.15) is 22.2 Å². The summed E-state index contributed by atoms with van der Waals surface area (Å²) in [6.45, 7) is 2.35. The fraction of sp³-hybridized carbons (Fsp3) is 0.214. The zero-order valence-corrected chi connectivity index (χ0v) is 12.5. The summed E-state index contributed by atoms with van der Waals surface area (Å²) in [4.78, 5) is 13.0. The normalized spacial score (nSPS) is 10.3. The molecule has 6 heteroatoms. The van der Waals surface area contributed by atoms with Gasteiger partial charge in [0.25, 0.3) is 0 Å². The molecule has 0 aliphatic carbocycles. The van der Waals surface area contributed by atoms with Crippen molar-refractivity contribution in [3.05, 3.63) is 45.1 Å². The van der Waals surface area contributed by atoms with Crippen molar-refractivity contribution in [2.45, 2.75) is 13.5 Å². The molecule has 0 fully saturated rings. The Kier molecular flexibility index (Phi) is 4.87. The first-order chi connectivity index (χ1) is 9.61. The predicted molar refractivity (Wildman–Crippen MR) is 80.5 cm³/mol. The van der Waals surface area contributed by atoms with Crippen LogP contribution in [0.15, 0.2) is 29.6 Å². The number of benzene rings is 1. The minimum Gasteiger partial charge on any atom is -0.486 e. The molecule has 0 spiro atoms. The van der Waals surface area contributed by atoms with Gasteiger partial charge in [0, 0.05) is 10.6 Å². The van der Waals surface area contributed by atoms with Gasteiger partial charge < -0.3 is 15.2 Å². The number of hydrogen-bond acceptors (Lipinski definition) is 5. The Labute approximate surface area is 126 Å². The fourth-order valence-electron chi connectivity index (χ4n) is 1.66. The van der Waals surface area contributed by atoms with Crippen molar-refractivity contribution in [2.75, 3.05) is 12.3 Å². The van der Waals surface area contributed by atoms with Gasteiger partial charge in [-0.15, -0.1) is 11.3 Å². The predicted octanol–water partition coefficient (Wildman–Crippen LogP) is 3.74. The largest absolute Gasteiger partial charge is 0.486 e. The third-order valence-electron chi connectivity index (χ3n) is 2.50. The number of halogens is 1. The second-order valence-electron chi connectivity index (χ2n) is 3.97. The Balaban J connectivity index is 2.27. The van der Waals surface area contributed by atoms with E-state index in [0.29, 0.717) is 23.1 Å². The van der Waals surface area contributed by atoms with E-state index < -0.39 is 5.97 Å². The van der Waals surface area contributed by atoms with Gasteiger partial charge in [-0.3, -0.25) is 0 Å². The smallest absolute Gasteiger partial charge is 0.342 e. The summed E-state index contributed by atoms with van der Waals surface area (Å²) < 4.78 is 10.6. The zero-order valence-electron chi connectivity index (χ0n) is 10.9. The van der Waals surface area contributed by atoms with E-state index in [9.17, 15) is 4.79 Å². The van der Waals surface area contributed by atoms with E-state index in [1.54, 1.807) is 24.3 Å². The lowest BCUT2D eigenvalue weighted by Gasteiger charge is -2.13. The molecule has 2 rings (SSSR count). The summed E-state index contributed by atoms with van der Waals surface area (Å²) in [5.74, 6) is -0.199. The molecule has 1 heterocycles. The first-order valence-corrected chi connectivity index (χ1v) is 7.29. The minimum absolute atomic E-state index is 0.244. The van der Waals surface area contributed by atoms with E-state index in [1.807, 2.05) is 17.5 Å². The van der Waals surface area contributed by atoms with Gasteiger partial charge in [-0.2, -0.15) is 0 Å². The molecule has 0 atom stereocenters. The molecule has 0 aliphatic heterocycles. The number of nitrogens with two attached hydrogens (primary N) is 1. The number of anilines is 1. The molecule has 0 saturated heterocycles. The van der Waals surface area contributed by atoms with E-state index in [-0.39, 0.29) is 12.2 Å². The highest BCUT2D eigenvalue weighted by atomic mass is 35.5. The van der Waals surface area contributed by atoms with Gasteiger partial charge in [0.2, 0.25) is 0 Å². The van der Waals surface area contributed by atoms with Crippen molar-refractivity contribution < 1.29 is 14.3 Å². The summed E-state index contributed by atoms with van der Waals surface area (Å²) in [6, 6.07) is 6.93. The molecular weight excluding hydrogens is 298 g/mol. The molecular formula is C14H14ClNO3S. The van der Waals surface area contributed by atoms with E-state index >= 15 is 0 Å². The Hall–Kier alpha value is -1.72. The average molecular weight is 312 g/mol. The number of esters is 1. The van der Waals surface area contributed by atoms with Gasteiger partial charge in [0.1, 0.15) is 12.2 Å². The summed E-state index contributed by atoms with van der Waals surface area (Å²) in [5.41, 5.74) is 6.34. The number of carbonyl (C=O) groups excluding carboxylic acids is 1. The Morgan fingerprint density at radius 2 is 2.25 bits per heavy atom. The van der Waals surface area contributed by atoms with E-state index in [4.69, 9.17) is 26.8 Å². The van der Waals surface area contributed by atoms with Gasteiger partial charge in [-0.25, -0.2) is 4.79 Å². The molecule has 2 N–H and O–H groups in total. The van der Waals surface area contributed by atoms with Crippen molar-refractivity contribution in [2.24, 2.45) is 0 Å². The molecule has 0 unspecified atom stereocenters. The van der Waals surface area contributed by atoms with E-state index in [2.05, 4.69) is 0 Å². The van der Waals surface area contributed by atoms with Crippen LogP contribution in [0.3, 0.4) is 0 Å². The molecule has 1 aromatic heterocycles. The van der Waals surface area contributed by atoms with Crippen molar-refractivity contribution in [3.63, 3.8) is 0 Å². The Morgan fingerprint density at radius 1 is 1.45 bits per heavy atom. The molecule has 0 bridgehead atoms. The van der Waals surface area contributed by atoms with Gasteiger partial charge in [0.15, 0.2) is 5.75 Å². The minimum atomic E-state index is -0.497. The number of carbonyl (C=O) groups is 1. The lowest BCUT2D eigenvalue weighted by atomic mass is 10.2. The first-order valence-electron chi connectivity index (χ1n) is 6.03. The third kappa shape index (κ3) is 3.43. The van der Waals surface area contributed by atoms with Gasteiger partial charge in [-0.1, -0.05) is 17.7 Å². The number of thiophene rings is 1. The monoisotopic (exact) mass is 311 g/mol.